The molecular weight excluding hydrogens is 471 g/mol. The molecule has 4 fully saturated rings. The van der Waals surface area contributed by atoms with Gasteiger partial charge in [0.25, 0.3) is 0 Å². The molecule has 0 spiro atoms. The van der Waals surface area contributed by atoms with E-state index in [0.29, 0.717) is 49.8 Å². The zero-order valence-electron chi connectivity index (χ0n) is 20.7. The SMILES string of the molecule is Cc1cnn(C2COC2)c1C1CCN(c2cc(C3CC(N4CCNCC4)C3)nc(C(F)(F)F)n2)CC1. The Kier molecular flexibility index (Phi) is 6.41. The van der Waals surface area contributed by atoms with E-state index in [-0.39, 0.29) is 12.0 Å². The molecule has 3 saturated heterocycles. The van der Waals surface area contributed by atoms with E-state index in [0.717, 1.165) is 51.9 Å². The number of nitrogens with one attached hydrogen (secondary N) is 1. The van der Waals surface area contributed by atoms with Gasteiger partial charge in [-0.25, -0.2) is 9.97 Å². The molecule has 3 aliphatic heterocycles. The average molecular weight is 506 g/mol. The zero-order valence-corrected chi connectivity index (χ0v) is 20.7. The highest BCUT2D eigenvalue weighted by Gasteiger charge is 2.40. The van der Waals surface area contributed by atoms with Crippen molar-refractivity contribution in [3.63, 3.8) is 0 Å². The van der Waals surface area contributed by atoms with E-state index >= 15 is 0 Å². The maximum absolute atomic E-state index is 13.7. The molecule has 1 N–H and O–H groups in total. The van der Waals surface area contributed by atoms with Crippen molar-refractivity contribution in [1.29, 1.82) is 0 Å². The van der Waals surface area contributed by atoms with Gasteiger partial charge in [-0.3, -0.25) is 9.58 Å². The summed E-state index contributed by atoms with van der Waals surface area (Å²) in [7, 11) is 0. The molecule has 0 aromatic carbocycles. The summed E-state index contributed by atoms with van der Waals surface area (Å²) in [6.45, 7) is 8.74. The summed E-state index contributed by atoms with van der Waals surface area (Å²) in [6, 6.07) is 2.54. The van der Waals surface area contributed by atoms with Crippen LogP contribution in [0.1, 0.15) is 66.3 Å². The fraction of sp³-hybridized carbons (Fsp3) is 0.720. The normalized spacial score (nSPS) is 26.6. The molecule has 2 aromatic rings. The number of anilines is 1. The van der Waals surface area contributed by atoms with Gasteiger partial charge in [0, 0.05) is 74.6 Å². The Hall–Kier alpha value is -2.24. The van der Waals surface area contributed by atoms with E-state index in [1.165, 1.54) is 11.3 Å². The van der Waals surface area contributed by atoms with Gasteiger partial charge in [0.05, 0.1) is 25.5 Å². The molecule has 0 radical (unpaired) electrons. The summed E-state index contributed by atoms with van der Waals surface area (Å²) in [6.07, 6.45) is 0.802. The Morgan fingerprint density at radius 2 is 1.69 bits per heavy atom. The second-order valence-electron chi connectivity index (χ2n) is 10.7. The van der Waals surface area contributed by atoms with Crippen molar-refractivity contribution in [2.24, 2.45) is 0 Å². The van der Waals surface area contributed by atoms with Crippen LogP contribution >= 0.6 is 0 Å². The summed E-state index contributed by atoms with van der Waals surface area (Å²) in [5.41, 5.74) is 2.96. The van der Waals surface area contributed by atoms with E-state index in [2.05, 4.69) is 36.9 Å². The van der Waals surface area contributed by atoms with Crippen LogP contribution in [-0.4, -0.2) is 83.2 Å². The van der Waals surface area contributed by atoms with Crippen molar-refractivity contribution in [3.05, 3.63) is 35.0 Å². The third kappa shape index (κ3) is 4.61. The van der Waals surface area contributed by atoms with Crippen molar-refractivity contribution in [2.45, 2.75) is 62.7 Å². The maximum Gasteiger partial charge on any atom is 0.451 e. The quantitative estimate of drug-likeness (QED) is 0.670. The number of ether oxygens (including phenoxy) is 1. The summed E-state index contributed by atoms with van der Waals surface area (Å²) >= 11 is 0. The minimum Gasteiger partial charge on any atom is -0.377 e. The topological polar surface area (TPSA) is 71.3 Å². The summed E-state index contributed by atoms with van der Waals surface area (Å²) < 4.78 is 48.7. The molecule has 6 rings (SSSR count). The molecule has 0 atom stereocenters. The van der Waals surface area contributed by atoms with E-state index in [1.54, 1.807) is 0 Å². The number of halogens is 3. The lowest BCUT2D eigenvalue weighted by atomic mass is 9.77. The first-order chi connectivity index (χ1) is 17.4. The lowest BCUT2D eigenvalue weighted by molar-refractivity contribution is -0.145. The number of nitrogens with zero attached hydrogens (tertiary/aromatic N) is 6. The van der Waals surface area contributed by atoms with Gasteiger partial charge >= 0.3 is 6.18 Å². The van der Waals surface area contributed by atoms with Crippen LogP contribution < -0.4 is 10.2 Å². The largest absolute Gasteiger partial charge is 0.451 e. The second-order valence-corrected chi connectivity index (χ2v) is 10.7. The lowest BCUT2D eigenvalue weighted by Crippen LogP contribution is -2.52. The first-order valence-corrected chi connectivity index (χ1v) is 13.1. The Morgan fingerprint density at radius 1 is 0.972 bits per heavy atom. The first kappa shape index (κ1) is 24.1. The number of rotatable bonds is 5. The van der Waals surface area contributed by atoms with Gasteiger partial charge in [-0.15, -0.1) is 0 Å². The Bertz CT molecular complexity index is 1070. The lowest BCUT2D eigenvalue weighted by Gasteiger charge is -2.44. The van der Waals surface area contributed by atoms with Crippen LogP contribution in [0.15, 0.2) is 12.3 Å². The molecule has 0 bridgehead atoms. The van der Waals surface area contributed by atoms with E-state index < -0.39 is 12.0 Å². The molecule has 4 aliphatic rings. The third-order valence-corrected chi connectivity index (χ3v) is 8.38. The van der Waals surface area contributed by atoms with Gasteiger partial charge in [-0.2, -0.15) is 18.3 Å². The third-order valence-electron chi connectivity index (χ3n) is 8.38. The maximum atomic E-state index is 13.7. The zero-order chi connectivity index (χ0) is 24.9. The Labute approximate surface area is 209 Å². The minimum absolute atomic E-state index is 0.0620. The number of hydrogen-bond acceptors (Lipinski definition) is 7. The molecule has 11 heteroatoms. The standard InChI is InChI=1S/C25H34F3N7O/c1-16-13-30-35(20-14-36-15-20)23(16)17-2-6-34(7-3-17)22-12-21(31-24(32-22)25(26,27)28)18-10-19(11-18)33-8-4-29-5-9-33/h12-13,17-20,29H,2-11,14-15H2,1H3. The van der Waals surface area contributed by atoms with Gasteiger partial charge in [0.1, 0.15) is 5.82 Å². The Morgan fingerprint density at radius 3 is 2.33 bits per heavy atom. The number of hydrogen-bond donors (Lipinski definition) is 1. The molecule has 5 heterocycles. The highest BCUT2D eigenvalue weighted by Crippen LogP contribution is 2.42. The van der Waals surface area contributed by atoms with Crippen molar-refractivity contribution in [3.8, 4) is 0 Å². The second kappa shape index (κ2) is 9.57. The van der Waals surface area contributed by atoms with Gasteiger partial charge in [-0.1, -0.05) is 0 Å². The van der Waals surface area contributed by atoms with E-state index in [9.17, 15) is 13.2 Å². The number of alkyl halides is 3. The number of piperazine rings is 1. The number of aryl methyl sites for hydroxylation is 1. The molecule has 1 saturated carbocycles. The van der Waals surface area contributed by atoms with Gasteiger partial charge in [-0.05, 0) is 38.2 Å². The van der Waals surface area contributed by atoms with E-state index in [1.807, 2.05) is 17.2 Å². The average Bonchev–Trinajstić information content (AvgIpc) is 3.17. The van der Waals surface area contributed by atoms with Crippen molar-refractivity contribution in [2.75, 3.05) is 57.4 Å². The van der Waals surface area contributed by atoms with Crippen molar-refractivity contribution < 1.29 is 17.9 Å². The molecule has 36 heavy (non-hydrogen) atoms. The van der Waals surface area contributed by atoms with Crippen LogP contribution in [0.25, 0.3) is 0 Å². The summed E-state index contributed by atoms with van der Waals surface area (Å²) in [5.74, 6) is -0.207. The minimum atomic E-state index is -4.56. The van der Waals surface area contributed by atoms with Gasteiger partial charge in [0.15, 0.2) is 0 Å². The van der Waals surface area contributed by atoms with Crippen LogP contribution in [0, 0.1) is 6.92 Å². The summed E-state index contributed by atoms with van der Waals surface area (Å²) in [5, 5.41) is 7.94. The van der Waals surface area contributed by atoms with Crippen molar-refractivity contribution >= 4 is 5.82 Å². The van der Waals surface area contributed by atoms with Crippen molar-refractivity contribution in [1.82, 2.24) is 30.0 Å². The predicted octanol–water partition coefficient (Wildman–Crippen LogP) is 3.11. The fourth-order valence-electron chi connectivity index (χ4n) is 6.13. The smallest absolute Gasteiger partial charge is 0.377 e. The first-order valence-electron chi connectivity index (χ1n) is 13.1. The molecule has 8 nitrogen and oxygen atoms in total. The highest BCUT2D eigenvalue weighted by atomic mass is 19.4. The van der Waals surface area contributed by atoms with Gasteiger partial charge in [0.2, 0.25) is 5.82 Å². The molecule has 196 valence electrons. The fourth-order valence-corrected chi connectivity index (χ4v) is 6.13. The molecule has 2 aromatic heterocycles. The monoisotopic (exact) mass is 505 g/mol. The molecular formula is C25H34F3N7O. The highest BCUT2D eigenvalue weighted by molar-refractivity contribution is 5.43. The van der Waals surface area contributed by atoms with E-state index in [4.69, 9.17) is 4.74 Å². The Balaban J connectivity index is 1.16. The molecule has 0 unspecified atom stereocenters. The molecule has 0 amide bonds. The summed E-state index contributed by atoms with van der Waals surface area (Å²) in [4.78, 5) is 12.4. The van der Waals surface area contributed by atoms with Gasteiger partial charge < -0.3 is 15.0 Å². The van der Waals surface area contributed by atoms with Crippen LogP contribution in [0.5, 0.6) is 0 Å². The predicted molar refractivity (Wildman–Crippen MR) is 128 cm³/mol. The molecule has 1 aliphatic carbocycles. The number of piperidine rings is 1. The van der Waals surface area contributed by atoms with Crippen LogP contribution in [-0.2, 0) is 10.9 Å². The number of aromatic nitrogens is 4. The van der Waals surface area contributed by atoms with Crippen LogP contribution in [0.3, 0.4) is 0 Å². The van der Waals surface area contributed by atoms with Crippen LogP contribution in [0.2, 0.25) is 0 Å². The van der Waals surface area contributed by atoms with Crippen LogP contribution in [0.4, 0.5) is 19.0 Å².